The fourth-order valence-corrected chi connectivity index (χ4v) is 4.37. The van der Waals surface area contributed by atoms with Gasteiger partial charge in [0.2, 0.25) is 0 Å². The van der Waals surface area contributed by atoms with Gasteiger partial charge in [-0.25, -0.2) is 9.69 Å². The van der Waals surface area contributed by atoms with Crippen molar-refractivity contribution in [1.29, 1.82) is 0 Å². The topological polar surface area (TPSA) is 54.3 Å². The normalized spacial score (nSPS) is 15.0. The van der Waals surface area contributed by atoms with E-state index in [0.717, 1.165) is 32.6 Å². The van der Waals surface area contributed by atoms with Crippen molar-refractivity contribution in [3.63, 3.8) is 0 Å². The molecule has 1 aliphatic rings. The number of hydrogen-bond acceptors (Lipinski definition) is 2. The third kappa shape index (κ3) is 3.90. The smallest absolute Gasteiger partial charge is 0.333 e. The Morgan fingerprint density at radius 2 is 1.52 bits per heavy atom. The molecule has 0 atom stereocenters. The number of imide groups is 1. The summed E-state index contributed by atoms with van der Waals surface area (Å²) in [6.07, 6.45) is 1.76. The first-order chi connectivity index (χ1) is 15.9. The molecule has 1 aromatic heterocycles. The van der Waals surface area contributed by atoms with Crippen LogP contribution in [-0.4, -0.2) is 16.5 Å². The monoisotopic (exact) mass is 475 g/mol. The van der Waals surface area contributed by atoms with E-state index in [9.17, 15) is 9.59 Å². The molecule has 3 aromatic carbocycles. The van der Waals surface area contributed by atoms with Gasteiger partial charge in [-0.15, -0.1) is 0 Å². The van der Waals surface area contributed by atoms with Crippen LogP contribution in [0.1, 0.15) is 16.8 Å². The van der Waals surface area contributed by atoms with E-state index >= 15 is 0 Å². The molecule has 0 spiro atoms. The van der Waals surface area contributed by atoms with Crippen molar-refractivity contribution >= 4 is 57.8 Å². The number of fused-ring (bicyclic) bond motifs is 1. The molecule has 33 heavy (non-hydrogen) atoms. The van der Waals surface area contributed by atoms with Crippen molar-refractivity contribution < 1.29 is 9.59 Å². The van der Waals surface area contributed by atoms with Crippen LogP contribution in [0.15, 0.2) is 78.5 Å². The second-order valence-electron chi connectivity index (χ2n) is 7.83. The Morgan fingerprint density at radius 3 is 2.21 bits per heavy atom. The van der Waals surface area contributed by atoms with Gasteiger partial charge in [0.25, 0.3) is 5.91 Å². The highest BCUT2D eigenvalue weighted by Crippen LogP contribution is 2.30. The highest BCUT2D eigenvalue weighted by atomic mass is 35.5. The molecule has 1 fully saturated rings. The average Bonchev–Trinajstić information content (AvgIpc) is 3.24. The molecule has 0 radical (unpaired) electrons. The molecular formula is C26H19Cl2N3O2. The number of nitrogens with zero attached hydrogens (tertiary/aromatic N) is 2. The third-order valence-electron chi connectivity index (χ3n) is 5.79. The summed E-state index contributed by atoms with van der Waals surface area (Å²) in [4.78, 5) is 26.8. The van der Waals surface area contributed by atoms with Crippen molar-refractivity contribution in [2.45, 2.75) is 13.5 Å². The van der Waals surface area contributed by atoms with Crippen molar-refractivity contribution in [3.05, 3.63) is 105 Å². The van der Waals surface area contributed by atoms with Crippen LogP contribution >= 0.6 is 23.2 Å². The fourth-order valence-electron chi connectivity index (χ4n) is 4.12. The number of benzene rings is 3. The Hall–Kier alpha value is -3.54. The Labute approximate surface area is 200 Å². The Bertz CT molecular complexity index is 1420. The lowest BCUT2D eigenvalue weighted by molar-refractivity contribution is -0.113. The van der Waals surface area contributed by atoms with Crippen molar-refractivity contribution in [2.24, 2.45) is 0 Å². The van der Waals surface area contributed by atoms with Crippen LogP contribution < -0.4 is 10.2 Å². The van der Waals surface area contributed by atoms with Gasteiger partial charge >= 0.3 is 6.03 Å². The average molecular weight is 476 g/mol. The van der Waals surface area contributed by atoms with Gasteiger partial charge in [0, 0.05) is 38.8 Å². The van der Waals surface area contributed by atoms with Gasteiger partial charge in [-0.1, -0.05) is 53.5 Å². The molecule has 1 aliphatic heterocycles. The summed E-state index contributed by atoms with van der Waals surface area (Å²) in [6.45, 7) is 2.67. The molecule has 2 heterocycles. The van der Waals surface area contributed by atoms with Crippen molar-refractivity contribution in [1.82, 2.24) is 9.88 Å². The molecular weight excluding hydrogens is 457 g/mol. The highest BCUT2D eigenvalue weighted by molar-refractivity contribution is 6.31. The van der Waals surface area contributed by atoms with Gasteiger partial charge in [-0.3, -0.25) is 4.79 Å². The number of nitrogens with one attached hydrogen (secondary N) is 1. The molecule has 1 saturated heterocycles. The summed E-state index contributed by atoms with van der Waals surface area (Å²) in [5.41, 5.74) is 4.73. The van der Waals surface area contributed by atoms with Gasteiger partial charge in [-0.05, 0) is 61.0 Å². The first kappa shape index (κ1) is 21.3. The molecule has 0 bridgehead atoms. The molecule has 0 unspecified atom stereocenters. The van der Waals surface area contributed by atoms with Gasteiger partial charge < -0.3 is 9.88 Å². The maximum Gasteiger partial charge on any atom is 0.333 e. The predicted molar refractivity (Wildman–Crippen MR) is 133 cm³/mol. The molecule has 1 N–H and O–H groups in total. The second kappa shape index (κ2) is 8.43. The van der Waals surface area contributed by atoms with Gasteiger partial charge in [0.05, 0.1) is 5.69 Å². The van der Waals surface area contributed by atoms with Crippen molar-refractivity contribution in [2.75, 3.05) is 4.90 Å². The first-order valence-electron chi connectivity index (χ1n) is 10.4. The standard InChI is InChI=1S/C26H19Cl2N3O2/c1-16-22(14-23-25(32)31(26(33)29-23)20-12-10-19(28)11-13-20)21-4-2-3-5-24(21)30(16)15-17-6-8-18(27)9-7-17/h2-14H,15H2,1H3,(H,29,33)/b23-14+. The Kier molecular flexibility index (Phi) is 5.44. The van der Waals surface area contributed by atoms with E-state index in [1.54, 1.807) is 30.3 Å². The number of halogens is 2. The molecule has 3 amide bonds. The zero-order valence-corrected chi connectivity index (χ0v) is 19.2. The zero-order valence-electron chi connectivity index (χ0n) is 17.7. The van der Waals surface area contributed by atoms with E-state index in [1.807, 2.05) is 49.4 Å². The summed E-state index contributed by atoms with van der Waals surface area (Å²) in [5, 5.41) is 4.94. The number of urea groups is 1. The number of aromatic nitrogens is 1. The summed E-state index contributed by atoms with van der Waals surface area (Å²) in [6, 6.07) is 21.9. The van der Waals surface area contributed by atoms with Crippen LogP contribution in [-0.2, 0) is 11.3 Å². The minimum Gasteiger partial charge on any atom is -0.340 e. The lowest BCUT2D eigenvalue weighted by atomic mass is 10.1. The van der Waals surface area contributed by atoms with E-state index in [-0.39, 0.29) is 5.70 Å². The summed E-state index contributed by atoms with van der Waals surface area (Å²) < 4.78 is 2.20. The number of carbonyl (C=O) groups excluding carboxylic acids is 2. The van der Waals surface area contributed by atoms with Crippen LogP contribution in [0.5, 0.6) is 0 Å². The summed E-state index contributed by atoms with van der Waals surface area (Å²) in [5.74, 6) is -0.406. The number of para-hydroxylation sites is 1. The molecule has 0 saturated carbocycles. The third-order valence-corrected chi connectivity index (χ3v) is 6.29. The number of anilines is 1. The van der Waals surface area contributed by atoms with Gasteiger partial charge in [-0.2, -0.15) is 0 Å². The number of rotatable bonds is 4. The van der Waals surface area contributed by atoms with Gasteiger partial charge in [0.1, 0.15) is 5.70 Å². The summed E-state index contributed by atoms with van der Waals surface area (Å²) >= 11 is 12.0. The number of amides is 3. The maximum absolute atomic E-state index is 13.1. The van der Waals surface area contributed by atoms with E-state index in [4.69, 9.17) is 23.2 Å². The lowest BCUT2D eigenvalue weighted by Crippen LogP contribution is -2.30. The number of hydrogen-bond donors (Lipinski definition) is 1. The zero-order chi connectivity index (χ0) is 23.1. The van der Waals surface area contributed by atoms with Crippen LogP contribution in [0.25, 0.3) is 17.0 Å². The largest absolute Gasteiger partial charge is 0.340 e. The maximum atomic E-state index is 13.1. The van der Waals surface area contributed by atoms with E-state index in [0.29, 0.717) is 22.3 Å². The van der Waals surface area contributed by atoms with Crippen LogP contribution in [0.4, 0.5) is 10.5 Å². The predicted octanol–water partition coefficient (Wildman–Crippen LogP) is 6.40. The molecule has 5 nitrogen and oxygen atoms in total. The first-order valence-corrected chi connectivity index (χ1v) is 11.1. The molecule has 164 valence electrons. The SMILES string of the molecule is Cc1c(/C=C2/NC(=O)N(c3ccc(Cl)cc3)C2=O)c2ccccc2n1Cc1ccc(Cl)cc1. The minimum absolute atomic E-state index is 0.229. The number of carbonyl (C=O) groups is 2. The highest BCUT2D eigenvalue weighted by Gasteiger charge is 2.35. The molecule has 5 rings (SSSR count). The van der Waals surface area contributed by atoms with Crippen LogP contribution in [0.2, 0.25) is 10.0 Å². The fraction of sp³-hybridized carbons (Fsp3) is 0.0769. The molecule has 7 heteroatoms. The van der Waals surface area contributed by atoms with E-state index in [1.165, 1.54) is 0 Å². The summed E-state index contributed by atoms with van der Waals surface area (Å²) in [7, 11) is 0. The quantitative estimate of drug-likeness (QED) is 0.274. The van der Waals surface area contributed by atoms with Crippen LogP contribution in [0, 0.1) is 6.92 Å². The van der Waals surface area contributed by atoms with Crippen LogP contribution in [0.3, 0.4) is 0 Å². The molecule has 0 aliphatic carbocycles. The van der Waals surface area contributed by atoms with E-state index < -0.39 is 11.9 Å². The minimum atomic E-state index is -0.490. The Balaban J connectivity index is 1.56. The van der Waals surface area contributed by atoms with E-state index in [2.05, 4.69) is 16.0 Å². The Morgan fingerprint density at radius 1 is 0.879 bits per heavy atom. The lowest BCUT2D eigenvalue weighted by Gasteiger charge is -2.11. The molecule has 4 aromatic rings. The van der Waals surface area contributed by atoms with Gasteiger partial charge in [0.15, 0.2) is 0 Å². The second-order valence-corrected chi connectivity index (χ2v) is 8.71. The van der Waals surface area contributed by atoms with Crippen molar-refractivity contribution in [3.8, 4) is 0 Å².